The summed E-state index contributed by atoms with van der Waals surface area (Å²) in [5, 5.41) is 4.65. The lowest BCUT2D eigenvalue weighted by Gasteiger charge is -2.36. The van der Waals surface area contributed by atoms with Gasteiger partial charge in [-0.15, -0.1) is 0 Å². The summed E-state index contributed by atoms with van der Waals surface area (Å²) in [5.41, 5.74) is 0.101. The fourth-order valence-electron chi connectivity index (χ4n) is 5.22. The third-order valence-corrected chi connectivity index (χ3v) is 9.95. The first-order chi connectivity index (χ1) is 18.1. The minimum Gasteiger partial charge on any atom is -0.325 e. The molecule has 7 nitrogen and oxygen atoms in total. The first kappa shape index (κ1) is 24.6. The molecule has 3 aromatic carbocycles. The first-order valence-electron chi connectivity index (χ1n) is 12.0. The molecule has 6 rings (SSSR count). The summed E-state index contributed by atoms with van der Waals surface area (Å²) in [7, 11) is 0. The van der Waals surface area contributed by atoms with Gasteiger partial charge in [-0.1, -0.05) is 67.3 Å². The first-order valence-corrected chi connectivity index (χ1v) is 13.7. The van der Waals surface area contributed by atoms with E-state index in [0.29, 0.717) is 21.3 Å². The number of thioether (sulfide) groups is 1. The van der Waals surface area contributed by atoms with Crippen LogP contribution < -0.4 is 15.1 Å². The molecule has 0 saturated carbocycles. The molecule has 0 radical (unpaired) electrons. The van der Waals surface area contributed by atoms with Gasteiger partial charge in [0.05, 0.1) is 16.6 Å². The number of thiazole rings is 1. The Morgan fingerprint density at radius 3 is 2.42 bits per heavy atom. The van der Waals surface area contributed by atoms with Crippen molar-refractivity contribution in [3.8, 4) is 0 Å². The lowest BCUT2D eigenvalue weighted by molar-refractivity contribution is -0.123. The third kappa shape index (κ3) is 3.86. The lowest BCUT2D eigenvalue weighted by Crippen LogP contribution is -2.41. The van der Waals surface area contributed by atoms with Gasteiger partial charge in [-0.05, 0) is 47.2 Å². The zero-order valence-electron chi connectivity index (χ0n) is 20.4. The zero-order valence-corrected chi connectivity index (χ0v) is 22.1. The maximum absolute atomic E-state index is 13.5. The summed E-state index contributed by atoms with van der Waals surface area (Å²) >= 11 is 2.15. The molecule has 2 atom stereocenters. The van der Waals surface area contributed by atoms with Gasteiger partial charge in [0.1, 0.15) is 17.6 Å². The van der Waals surface area contributed by atoms with Crippen molar-refractivity contribution in [2.45, 2.75) is 36.1 Å². The maximum atomic E-state index is 13.5. The summed E-state index contributed by atoms with van der Waals surface area (Å²) in [6, 6.07) is 18.6. The van der Waals surface area contributed by atoms with Crippen LogP contribution in [0.25, 0.3) is 10.8 Å². The third-order valence-electron chi connectivity index (χ3n) is 7.12. The molecule has 1 fully saturated rings. The number of imide groups is 1. The summed E-state index contributed by atoms with van der Waals surface area (Å²) in [4.78, 5) is 54.4. The molecule has 0 bridgehead atoms. The Morgan fingerprint density at radius 1 is 0.974 bits per heavy atom. The predicted molar refractivity (Wildman–Crippen MR) is 146 cm³/mol. The van der Waals surface area contributed by atoms with Gasteiger partial charge in [-0.2, -0.15) is 0 Å². The zero-order chi connectivity index (χ0) is 26.8. The van der Waals surface area contributed by atoms with Crippen molar-refractivity contribution < 1.29 is 18.8 Å². The number of nitrogens with zero attached hydrogens (tertiary/aromatic N) is 2. The van der Waals surface area contributed by atoms with Crippen LogP contribution in [0, 0.1) is 11.7 Å². The van der Waals surface area contributed by atoms with Crippen molar-refractivity contribution in [3.05, 3.63) is 87.1 Å². The van der Waals surface area contributed by atoms with Gasteiger partial charge in [0, 0.05) is 16.0 Å². The van der Waals surface area contributed by atoms with Gasteiger partial charge < -0.3 is 5.32 Å². The molecular formula is C28H22FN3O4S2. The summed E-state index contributed by atoms with van der Waals surface area (Å²) in [5.74, 6) is -2.33. The van der Waals surface area contributed by atoms with Crippen LogP contribution in [0.4, 0.5) is 15.8 Å². The molecule has 1 aromatic heterocycles. The van der Waals surface area contributed by atoms with E-state index in [2.05, 4.69) is 5.32 Å². The highest BCUT2D eigenvalue weighted by Crippen LogP contribution is 2.54. The molecule has 2 aliphatic heterocycles. The van der Waals surface area contributed by atoms with E-state index in [4.69, 9.17) is 0 Å². The average Bonchev–Trinajstić information content (AvgIpc) is 3.33. The van der Waals surface area contributed by atoms with Gasteiger partial charge in [-0.3, -0.25) is 23.7 Å². The highest BCUT2D eigenvalue weighted by atomic mass is 32.2. The van der Waals surface area contributed by atoms with Crippen LogP contribution in [0.5, 0.6) is 0 Å². The molecule has 4 aromatic rings. The van der Waals surface area contributed by atoms with Gasteiger partial charge in [0.25, 0.3) is 0 Å². The quantitative estimate of drug-likeness (QED) is 0.372. The van der Waals surface area contributed by atoms with Crippen LogP contribution in [0.15, 0.2) is 76.6 Å². The Bertz CT molecular complexity index is 1690. The number of nitrogens with one attached hydrogen (secondary N) is 1. The standard InChI is InChI=1S/C28H22FN3O4S2/c1-28(2)21-22(25(35)32(24(21)34)19-11-8-17(29)9-12-19)37-26-23(28)38-27(36)31(26)14-20(33)30-18-10-7-15-5-3-4-6-16(15)13-18/h3-13,21-22H,14H2,1-2H3,(H,30,33). The molecule has 2 unspecified atom stereocenters. The number of benzene rings is 3. The molecule has 0 aliphatic carbocycles. The molecule has 10 heteroatoms. The van der Waals surface area contributed by atoms with Crippen molar-refractivity contribution >= 4 is 63.0 Å². The van der Waals surface area contributed by atoms with Crippen LogP contribution >= 0.6 is 23.1 Å². The second-order valence-electron chi connectivity index (χ2n) is 9.92. The minimum atomic E-state index is -0.823. The van der Waals surface area contributed by atoms with Gasteiger partial charge >= 0.3 is 4.87 Å². The fraction of sp³-hybridized carbons (Fsp3) is 0.214. The van der Waals surface area contributed by atoms with E-state index in [0.717, 1.165) is 38.8 Å². The highest BCUT2D eigenvalue weighted by molar-refractivity contribution is 8.00. The number of hydrogen-bond acceptors (Lipinski definition) is 6. The molecule has 1 N–H and O–H groups in total. The van der Waals surface area contributed by atoms with Crippen LogP contribution in [0.3, 0.4) is 0 Å². The van der Waals surface area contributed by atoms with E-state index < -0.39 is 28.3 Å². The number of amides is 3. The Kier molecular flexibility index (Phi) is 5.77. The molecule has 192 valence electrons. The van der Waals surface area contributed by atoms with Gasteiger partial charge in [0.15, 0.2) is 0 Å². The molecule has 1 saturated heterocycles. The van der Waals surface area contributed by atoms with Gasteiger partial charge in [0.2, 0.25) is 17.7 Å². The summed E-state index contributed by atoms with van der Waals surface area (Å²) in [6.07, 6.45) is 0. The molecule has 3 heterocycles. The highest BCUT2D eigenvalue weighted by Gasteiger charge is 2.59. The molecule has 38 heavy (non-hydrogen) atoms. The number of carbonyl (C=O) groups excluding carboxylic acids is 3. The summed E-state index contributed by atoms with van der Waals surface area (Å²) in [6.45, 7) is 3.47. The van der Waals surface area contributed by atoms with E-state index in [1.165, 1.54) is 28.8 Å². The van der Waals surface area contributed by atoms with Crippen molar-refractivity contribution in [3.63, 3.8) is 0 Å². The van der Waals surface area contributed by atoms with Crippen LogP contribution in [-0.4, -0.2) is 27.5 Å². The van der Waals surface area contributed by atoms with E-state index in [-0.39, 0.29) is 23.2 Å². The molecule has 0 spiro atoms. The van der Waals surface area contributed by atoms with Crippen molar-refractivity contribution in [1.29, 1.82) is 0 Å². The van der Waals surface area contributed by atoms with E-state index >= 15 is 0 Å². The average molecular weight is 548 g/mol. The van der Waals surface area contributed by atoms with E-state index in [1.807, 2.05) is 50.2 Å². The normalized spacial score (nSPS) is 19.9. The predicted octanol–water partition coefficient (Wildman–Crippen LogP) is 4.78. The Morgan fingerprint density at radius 2 is 1.68 bits per heavy atom. The monoisotopic (exact) mass is 547 g/mol. The van der Waals surface area contributed by atoms with Crippen molar-refractivity contribution in [2.24, 2.45) is 5.92 Å². The number of hydrogen-bond donors (Lipinski definition) is 1. The summed E-state index contributed by atoms with van der Waals surface area (Å²) < 4.78 is 14.8. The van der Waals surface area contributed by atoms with Crippen molar-refractivity contribution in [2.75, 3.05) is 10.2 Å². The molecular weight excluding hydrogens is 525 g/mol. The van der Waals surface area contributed by atoms with Crippen LogP contribution in [0.1, 0.15) is 18.7 Å². The smallest absolute Gasteiger partial charge is 0.308 e. The minimum absolute atomic E-state index is 0.220. The second-order valence-corrected chi connectivity index (χ2v) is 12.0. The SMILES string of the molecule is CC1(C)c2sc(=O)n(CC(=O)Nc3ccc4ccccc4c3)c2SC2C(=O)N(c3ccc(F)cc3)C(=O)C21. The number of fused-ring (bicyclic) bond motifs is 3. The number of anilines is 2. The Hall–Kier alpha value is -3.76. The van der Waals surface area contributed by atoms with E-state index in [1.54, 1.807) is 6.07 Å². The van der Waals surface area contributed by atoms with E-state index in [9.17, 15) is 23.6 Å². The molecule has 3 amide bonds. The van der Waals surface area contributed by atoms with Gasteiger partial charge in [-0.25, -0.2) is 9.29 Å². The van der Waals surface area contributed by atoms with Crippen LogP contribution in [-0.2, 0) is 26.3 Å². The largest absolute Gasteiger partial charge is 0.325 e. The molecule has 2 aliphatic rings. The number of carbonyl (C=O) groups is 3. The fourth-order valence-corrected chi connectivity index (χ4v) is 8.26. The second kappa shape index (κ2) is 8.92. The number of aromatic nitrogens is 1. The van der Waals surface area contributed by atoms with Crippen LogP contribution in [0.2, 0.25) is 0 Å². The Balaban J connectivity index is 1.29. The number of rotatable bonds is 4. The topological polar surface area (TPSA) is 88.5 Å². The maximum Gasteiger partial charge on any atom is 0.308 e. The number of halogens is 1. The lowest BCUT2D eigenvalue weighted by atomic mass is 9.76. The Labute approximate surface area is 225 Å². The van der Waals surface area contributed by atoms with Crippen molar-refractivity contribution in [1.82, 2.24) is 4.57 Å².